The Morgan fingerprint density at radius 2 is 2.00 bits per heavy atom. The van der Waals surface area contributed by atoms with Gasteiger partial charge in [-0.2, -0.15) is 5.10 Å². The summed E-state index contributed by atoms with van der Waals surface area (Å²) < 4.78 is 2.12. The molecule has 108 valence electrons. The second-order valence-corrected chi connectivity index (χ2v) is 5.30. The number of aryl methyl sites for hydroxylation is 3. The van der Waals surface area contributed by atoms with Crippen molar-refractivity contribution in [1.82, 2.24) is 15.1 Å². The smallest absolute Gasteiger partial charge is 0.0596 e. The van der Waals surface area contributed by atoms with Crippen LogP contribution in [0.5, 0.6) is 0 Å². The van der Waals surface area contributed by atoms with Crippen LogP contribution in [0.15, 0.2) is 36.4 Å². The lowest BCUT2D eigenvalue weighted by atomic mass is 9.93. The first-order chi connectivity index (χ1) is 9.74. The summed E-state index contributed by atoms with van der Waals surface area (Å²) in [5, 5.41) is 7.84. The SMILES string of the molecule is CCn1nc(C)cc1CCC(CNC)c1ccccc1. The van der Waals surface area contributed by atoms with Gasteiger partial charge in [-0.1, -0.05) is 30.3 Å². The van der Waals surface area contributed by atoms with Gasteiger partial charge in [0.1, 0.15) is 0 Å². The summed E-state index contributed by atoms with van der Waals surface area (Å²) in [4.78, 5) is 0. The van der Waals surface area contributed by atoms with E-state index >= 15 is 0 Å². The first-order valence-electron chi connectivity index (χ1n) is 7.47. The summed E-state index contributed by atoms with van der Waals surface area (Å²) in [5.41, 5.74) is 3.88. The Labute approximate surface area is 122 Å². The third-order valence-corrected chi connectivity index (χ3v) is 3.76. The van der Waals surface area contributed by atoms with Crippen LogP contribution >= 0.6 is 0 Å². The van der Waals surface area contributed by atoms with E-state index in [0.29, 0.717) is 5.92 Å². The fraction of sp³-hybridized carbons (Fsp3) is 0.471. The van der Waals surface area contributed by atoms with Gasteiger partial charge < -0.3 is 5.32 Å². The Balaban J connectivity index is 2.05. The predicted octanol–water partition coefficient (Wildman–Crippen LogP) is 3.15. The molecule has 1 aromatic carbocycles. The van der Waals surface area contributed by atoms with E-state index in [4.69, 9.17) is 0 Å². The molecule has 0 amide bonds. The van der Waals surface area contributed by atoms with E-state index < -0.39 is 0 Å². The minimum Gasteiger partial charge on any atom is -0.319 e. The van der Waals surface area contributed by atoms with E-state index in [-0.39, 0.29) is 0 Å². The minimum atomic E-state index is 0.557. The molecule has 20 heavy (non-hydrogen) atoms. The van der Waals surface area contributed by atoms with Gasteiger partial charge in [0.15, 0.2) is 0 Å². The molecule has 0 aliphatic carbocycles. The number of nitrogens with zero attached hydrogens (tertiary/aromatic N) is 2. The summed E-state index contributed by atoms with van der Waals surface area (Å²) >= 11 is 0. The molecule has 3 heteroatoms. The molecule has 0 saturated heterocycles. The van der Waals surface area contributed by atoms with Crippen LogP contribution in [0.2, 0.25) is 0 Å². The van der Waals surface area contributed by atoms with Gasteiger partial charge in [-0.05, 0) is 51.3 Å². The van der Waals surface area contributed by atoms with Crippen molar-refractivity contribution in [2.75, 3.05) is 13.6 Å². The van der Waals surface area contributed by atoms with E-state index in [0.717, 1.165) is 31.6 Å². The van der Waals surface area contributed by atoms with Gasteiger partial charge in [-0.3, -0.25) is 4.68 Å². The van der Waals surface area contributed by atoms with Crippen LogP contribution in [0.4, 0.5) is 0 Å². The van der Waals surface area contributed by atoms with Crippen molar-refractivity contribution in [3.8, 4) is 0 Å². The Kier molecular flexibility index (Phi) is 5.36. The maximum atomic E-state index is 4.53. The number of aromatic nitrogens is 2. The summed E-state index contributed by atoms with van der Waals surface area (Å²) in [6.45, 7) is 6.19. The molecule has 2 aromatic rings. The molecule has 1 aromatic heterocycles. The summed E-state index contributed by atoms with van der Waals surface area (Å²) in [7, 11) is 2.02. The lowest BCUT2D eigenvalue weighted by Crippen LogP contribution is -2.18. The molecule has 1 N–H and O–H groups in total. The summed E-state index contributed by atoms with van der Waals surface area (Å²) in [5.74, 6) is 0.557. The van der Waals surface area contributed by atoms with E-state index in [1.165, 1.54) is 11.3 Å². The number of hydrogen-bond donors (Lipinski definition) is 1. The average molecular weight is 271 g/mol. The molecule has 0 saturated carbocycles. The lowest BCUT2D eigenvalue weighted by Gasteiger charge is -2.17. The van der Waals surface area contributed by atoms with Gasteiger partial charge >= 0.3 is 0 Å². The van der Waals surface area contributed by atoms with Crippen LogP contribution < -0.4 is 5.32 Å². The van der Waals surface area contributed by atoms with Gasteiger partial charge in [0.05, 0.1) is 5.69 Å². The fourth-order valence-electron chi connectivity index (χ4n) is 2.75. The molecule has 0 fully saturated rings. The fourth-order valence-corrected chi connectivity index (χ4v) is 2.75. The van der Waals surface area contributed by atoms with Crippen molar-refractivity contribution < 1.29 is 0 Å². The number of benzene rings is 1. The molecule has 1 heterocycles. The molecular weight excluding hydrogens is 246 g/mol. The zero-order valence-electron chi connectivity index (χ0n) is 12.8. The molecule has 0 aliphatic heterocycles. The van der Waals surface area contributed by atoms with E-state index in [9.17, 15) is 0 Å². The second-order valence-electron chi connectivity index (χ2n) is 5.30. The first-order valence-corrected chi connectivity index (χ1v) is 7.47. The van der Waals surface area contributed by atoms with Gasteiger partial charge in [0.2, 0.25) is 0 Å². The third kappa shape index (κ3) is 3.70. The number of hydrogen-bond acceptors (Lipinski definition) is 2. The molecule has 3 nitrogen and oxygen atoms in total. The van der Waals surface area contributed by atoms with Crippen LogP contribution in [0.25, 0.3) is 0 Å². The number of likely N-dealkylation sites (N-methyl/N-ethyl adjacent to an activating group) is 1. The minimum absolute atomic E-state index is 0.557. The zero-order chi connectivity index (χ0) is 14.4. The Morgan fingerprint density at radius 1 is 1.25 bits per heavy atom. The van der Waals surface area contributed by atoms with Crippen LogP contribution in [-0.4, -0.2) is 23.4 Å². The normalized spacial score (nSPS) is 12.6. The molecule has 1 atom stereocenters. The topological polar surface area (TPSA) is 29.9 Å². The second kappa shape index (κ2) is 7.25. The van der Waals surface area contributed by atoms with Crippen molar-refractivity contribution >= 4 is 0 Å². The Morgan fingerprint density at radius 3 is 2.65 bits per heavy atom. The van der Waals surface area contributed by atoms with Crippen molar-refractivity contribution in [2.45, 2.75) is 39.2 Å². The largest absolute Gasteiger partial charge is 0.319 e. The predicted molar refractivity (Wildman–Crippen MR) is 84.1 cm³/mol. The van der Waals surface area contributed by atoms with Crippen molar-refractivity contribution in [3.63, 3.8) is 0 Å². The highest BCUT2D eigenvalue weighted by atomic mass is 15.3. The molecule has 1 unspecified atom stereocenters. The van der Waals surface area contributed by atoms with Crippen LogP contribution in [0.1, 0.15) is 36.2 Å². The highest BCUT2D eigenvalue weighted by Gasteiger charge is 2.12. The zero-order valence-corrected chi connectivity index (χ0v) is 12.8. The van der Waals surface area contributed by atoms with Gasteiger partial charge in [0, 0.05) is 18.8 Å². The third-order valence-electron chi connectivity index (χ3n) is 3.76. The summed E-state index contributed by atoms with van der Waals surface area (Å²) in [6, 6.07) is 13.0. The van der Waals surface area contributed by atoms with Crippen molar-refractivity contribution in [3.05, 3.63) is 53.3 Å². The van der Waals surface area contributed by atoms with Gasteiger partial charge in [-0.15, -0.1) is 0 Å². The average Bonchev–Trinajstić information content (AvgIpc) is 2.84. The quantitative estimate of drug-likeness (QED) is 0.838. The number of nitrogens with one attached hydrogen (secondary N) is 1. The van der Waals surface area contributed by atoms with Crippen molar-refractivity contribution in [2.24, 2.45) is 0 Å². The van der Waals surface area contributed by atoms with Gasteiger partial charge in [-0.25, -0.2) is 0 Å². The van der Waals surface area contributed by atoms with Crippen LogP contribution in [0.3, 0.4) is 0 Å². The molecule has 0 bridgehead atoms. The molecule has 0 radical (unpaired) electrons. The number of rotatable bonds is 7. The Bertz CT molecular complexity index is 516. The van der Waals surface area contributed by atoms with Crippen molar-refractivity contribution in [1.29, 1.82) is 0 Å². The maximum Gasteiger partial charge on any atom is 0.0596 e. The monoisotopic (exact) mass is 271 g/mol. The van der Waals surface area contributed by atoms with E-state index in [1.807, 2.05) is 7.05 Å². The standard InChI is InChI=1S/C17H25N3/c1-4-20-17(12-14(2)19-20)11-10-16(13-18-3)15-8-6-5-7-9-15/h5-9,12,16,18H,4,10-11,13H2,1-3H3. The van der Waals surface area contributed by atoms with Gasteiger partial charge in [0.25, 0.3) is 0 Å². The van der Waals surface area contributed by atoms with E-state index in [2.05, 4.69) is 65.3 Å². The van der Waals surface area contributed by atoms with Crippen LogP contribution in [-0.2, 0) is 13.0 Å². The summed E-state index contributed by atoms with van der Waals surface area (Å²) in [6.07, 6.45) is 2.23. The first kappa shape index (κ1) is 14.8. The molecular formula is C17H25N3. The van der Waals surface area contributed by atoms with Crippen LogP contribution in [0, 0.1) is 6.92 Å². The molecule has 2 rings (SSSR count). The van der Waals surface area contributed by atoms with E-state index in [1.54, 1.807) is 0 Å². The molecule has 0 aliphatic rings. The molecule has 0 spiro atoms. The highest BCUT2D eigenvalue weighted by Crippen LogP contribution is 2.21. The maximum absolute atomic E-state index is 4.53. The highest BCUT2D eigenvalue weighted by molar-refractivity contribution is 5.20. The Hall–Kier alpha value is -1.61. The lowest BCUT2D eigenvalue weighted by molar-refractivity contribution is 0.551.